The number of benzene rings is 1. The van der Waals surface area contributed by atoms with Gasteiger partial charge in [-0.25, -0.2) is 4.98 Å². The molecule has 0 aliphatic carbocycles. The van der Waals surface area contributed by atoms with Crippen LogP contribution in [0, 0.1) is 0 Å². The van der Waals surface area contributed by atoms with Crippen LogP contribution >= 0.6 is 15.9 Å². The largest absolute Gasteiger partial charge is 0.398 e. The molecule has 0 amide bonds. The van der Waals surface area contributed by atoms with Gasteiger partial charge < -0.3 is 10.3 Å². The summed E-state index contributed by atoms with van der Waals surface area (Å²) in [6.45, 7) is 3.90. The summed E-state index contributed by atoms with van der Waals surface area (Å²) < 4.78 is 3.17. The number of fused-ring (bicyclic) bond motifs is 1. The summed E-state index contributed by atoms with van der Waals surface area (Å²) in [4.78, 5) is 6.76. The van der Waals surface area contributed by atoms with E-state index in [0.717, 1.165) is 42.2 Å². The Hall–Kier alpha value is -1.33. The first kappa shape index (κ1) is 11.7. The molecule has 2 heterocycles. The number of rotatable bonds is 2. The standard InChI is InChI=1S/C13H15BrN4/c14-11-2-1-10(7-12(11)15)8-17-5-6-18-4-3-16-13(18)9-17/h1-4,7H,5-6,8-9,15H2. The van der Waals surface area contributed by atoms with Crippen LogP contribution in [0.2, 0.25) is 0 Å². The second kappa shape index (κ2) is 4.74. The number of halogens is 1. The van der Waals surface area contributed by atoms with Crippen molar-refractivity contribution in [1.29, 1.82) is 0 Å². The molecule has 4 nitrogen and oxygen atoms in total. The maximum absolute atomic E-state index is 5.90. The van der Waals surface area contributed by atoms with E-state index in [1.54, 1.807) is 0 Å². The molecule has 0 spiro atoms. The maximum atomic E-state index is 5.90. The number of hydrogen-bond donors (Lipinski definition) is 1. The summed E-state index contributed by atoms with van der Waals surface area (Å²) in [5.41, 5.74) is 7.95. The molecule has 1 aromatic carbocycles. The highest BCUT2D eigenvalue weighted by atomic mass is 79.9. The highest BCUT2D eigenvalue weighted by Crippen LogP contribution is 2.22. The lowest BCUT2D eigenvalue weighted by atomic mass is 10.2. The minimum atomic E-state index is 0.797. The first-order valence-electron chi connectivity index (χ1n) is 5.98. The van der Waals surface area contributed by atoms with E-state index in [-0.39, 0.29) is 0 Å². The van der Waals surface area contributed by atoms with Gasteiger partial charge in [0.15, 0.2) is 0 Å². The zero-order valence-corrected chi connectivity index (χ0v) is 11.6. The van der Waals surface area contributed by atoms with Crippen molar-refractivity contribution in [2.24, 2.45) is 0 Å². The Morgan fingerprint density at radius 3 is 3.06 bits per heavy atom. The number of nitrogens with two attached hydrogens (primary N) is 1. The Morgan fingerprint density at radius 2 is 2.22 bits per heavy atom. The van der Waals surface area contributed by atoms with Crippen LogP contribution in [0.5, 0.6) is 0 Å². The predicted octanol–water partition coefficient (Wildman–Crippen LogP) is 2.24. The van der Waals surface area contributed by atoms with Crippen molar-refractivity contribution in [2.75, 3.05) is 12.3 Å². The first-order chi connectivity index (χ1) is 8.72. The highest BCUT2D eigenvalue weighted by Gasteiger charge is 2.16. The van der Waals surface area contributed by atoms with Gasteiger partial charge in [0, 0.05) is 42.2 Å². The second-order valence-corrected chi connectivity index (χ2v) is 5.46. The fourth-order valence-electron chi connectivity index (χ4n) is 2.31. The zero-order chi connectivity index (χ0) is 12.5. The summed E-state index contributed by atoms with van der Waals surface area (Å²) in [6.07, 6.45) is 3.92. The Bertz CT molecular complexity index is 564. The second-order valence-electron chi connectivity index (χ2n) is 4.60. The van der Waals surface area contributed by atoms with Gasteiger partial charge in [0.2, 0.25) is 0 Å². The molecular formula is C13H15BrN4. The van der Waals surface area contributed by atoms with Gasteiger partial charge in [0.05, 0.1) is 6.54 Å². The van der Waals surface area contributed by atoms with Gasteiger partial charge in [-0.2, -0.15) is 0 Å². The molecule has 5 heteroatoms. The van der Waals surface area contributed by atoms with Crippen LogP contribution in [0.1, 0.15) is 11.4 Å². The number of hydrogen-bond acceptors (Lipinski definition) is 3. The van der Waals surface area contributed by atoms with Crippen molar-refractivity contribution in [3.63, 3.8) is 0 Å². The lowest BCUT2D eigenvalue weighted by molar-refractivity contribution is 0.209. The summed E-state index contributed by atoms with van der Waals surface area (Å²) in [7, 11) is 0. The van der Waals surface area contributed by atoms with E-state index >= 15 is 0 Å². The van der Waals surface area contributed by atoms with Crippen LogP contribution in [0.15, 0.2) is 35.1 Å². The molecule has 2 aromatic rings. The predicted molar refractivity (Wildman–Crippen MR) is 74.9 cm³/mol. The number of nitrogens with zero attached hydrogens (tertiary/aromatic N) is 3. The van der Waals surface area contributed by atoms with Crippen LogP contribution in [-0.2, 0) is 19.6 Å². The van der Waals surface area contributed by atoms with E-state index in [0.29, 0.717) is 0 Å². The lowest BCUT2D eigenvalue weighted by Gasteiger charge is -2.27. The SMILES string of the molecule is Nc1cc(CN2CCn3ccnc3C2)ccc1Br. The van der Waals surface area contributed by atoms with Crippen molar-refractivity contribution in [1.82, 2.24) is 14.5 Å². The Morgan fingerprint density at radius 1 is 1.33 bits per heavy atom. The molecule has 2 N–H and O–H groups in total. The van der Waals surface area contributed by atoms with Gasteiger partial charge in [-0.05, 0) is 33.6 Å². The molecule has 0 unspecified atom stereocenters. The number of nitrogen functional groups attached to an aromatic ring is 1. The zero-order valence-electron chi connectivity index (χ0n) is 10.0. The fraction of sp³-hybridized carbons (Fsp3) is 0.308. The van der Waals surface area contributed by atoms with Crippen molar-refractivity contribution in [3.8, 4) is 0 Å². The topological polar surface area (TPSA) is 47.1 Å². The minimum Gasteiger partial charge on any atom is -0.398 e. The molecule has 0 saturated carbocycles. The summed E-state index contributed by atoms with van der Waals surface area (Å²) >= 11 is 3.42. The summed E-state index contributed by atoms with van der Waals surface area (Å²) in [6, 6.07) is 6.16. The van der Waals surface area contributed by atoms with Gasteiger partial charge in [0.1, 0.15) is 5.82 Å². The first-order valence-corrected chi connectivity index (χ1v) is 6.78. The third-order valence-corrected chi connectivity index (χ3v) is 4.01. The van der Waals surface area contributed by atoms with E-state index in [4.69, 9.17) is 5.73 Å². The molecule has 94 valence electrons. The quantitative estimate of drug-likeness (QED) is 0.866. The average Bonchev–Trinajstić information content (AvgIpc) is 2.81. The van der Waals surface area contributed by atoms with Gasteiger partial charge in [-0.1, -0.05) is 6.07 Å². The molecule has 0 fully saturated rings. The fourth-order valence-corrected chi connectivity index (χ4v) is 2.55. The Balaban J connectivity index is 1.72. The van der Waals surface area contributed by atoms with Gasteiger partial charge >= 0.3 is 0 Å². The van der Waals surface area contributed by atoms with Crippen molar-refractivity contribution < 1.29 is 0 Å². The number of aromatic nitrogens is 2. The molecule has 1 aromatic heterocycles. The van der Waals surface area contributed by atoms with Crippen LogP contribution in [-0.4, -0.2) is 21.0 Å². The van der Waals surface area contributed by atoms with Crippen LogP contribution in [0.4, 0.5) is 5.69 Å². The van der Waals surface area contributed by atoms with E-state index in [9.17, 15) is 0 Å². The molecule has 1 aliphatic heterocycles. The highest BCUT2D eigenvalue weighted by molar-refractivity contribution is 9.10. The number of imidazole rings is 1. The van der Waals surface area contributed by atoms with Gasteiger partial charge in [-0.3, -0.25) is 4.90 Å². The Labute approximate surface area is 115 Å². The summed E-state index contributed by atoms with van der Waals surface area (Å²) in [5, 5.41) is 0. The van der Waals surface area contributed by atoms with Crippen LogP contribution in [0.3, 0.4) is 0 Å². The molecule has 0 saturated heterocycles. The van der Waals surface area contributed by atoms with Gasteiger partial charge in [-0.15, -0.1) is 0 Å². The third-order valence-electron chi connectivity index (χ3n) is 3.29. The molecule has 18 heavy (non-hydrogen) atoms. The van der Waals surface area contributed by atoms with Crippen molar-refractivity contribution in [3.05, 3.63) is 46.5 Å². The van der Waals surface area contributed by atoms with Crippen LogP contribution in [0.25, 0.3) is 0 Å². The van der Waals surface area contributed by atoms with Crippen molar-refractivity contribution in [2.45, 2.75) is 19.6 Å². The monoisotopic (exact) mass is 306 g/mol. The Kier molecular flexibility index (Phi) is 3.09. The van der Waals surface area contributed by atoms with E-state index in [2.05, 4.69) is 36.4 Å². The van der Waals surface area contributed by atoms with Crippen LogP contribution < -0.4 is 5.73 Å². The smallest absolute Gasteiger partial charge is 0.122 e. The normalized spacial score (nSPS) is 15.6. The third kappa shape index (κ3) is 2.28. The van der Waals surface area contributed by atoms with Crippen molar-refractivity contribution >= 4 is 21.6 Å². The van der Waals surface area contributed by atoms with E-state index < -0.39 is 0 Å². The lowest BCUT2D eigenvalue weighted by Crippen LogP contribution is -2.33. The van der Waals surface area contributed by atoms with E-state index in [1.807, 2.05) is 24.5 Å². The number of anilines is 1. The van der Waals surface area contributed by atoms with E-state index in [1.165, 1.54) is 5.56 Å². The maximum Gasteiger partial charge on any atom is 0.122 e. The molecule has 0 radical (unpaired) electrons. The molecule has 0 bridgehead atoms. The molecule has 3 rings (SSSR count). The van der Waals surface area contributed by atoms with Gasteiger partial charge in [0.25, 0.3) is 0 Å². The molecular weight excluding hydrogens is 292 g/mol. The average molecular weight is 307 g/mol. The summed E-state index contributed by atoms with van der Waals surface area (Å²) in [5.74, 6) is 1.14. The molecule has 1 aliphatic rings. The molecule has 0 atom stereocenters. The minimum absolute atomic E-state index is 0.797.